The second-order valence-electron chi connectivity index (χ2n) is 12.5. The van der Waals surface area contributed by atoms with Gasteiger partial charge in [-0.3, -0.25) is 0 Å². The second kappa shape index (κ2) is 12.0. The maximum Gasteiger partial charge on any atom is -1.00 e. The molecule has 0 amide bonds. The number of hydrogen-bond donors (Lipinski definition) is 0. The fourth-order valence-electron chi connectivity index (χ4n) is 8.51. The first-order valence-electron chi connectivity index (χ1n) is 16.1. The third-order valence-electron chi connectivity index (χ3n) is 10.2. The van der Waals surface area contributed by atoms with Gasteiger partial charge in [-0.15, -0.1) is 0 Å². The van der Waals surface area contributed by atoms with E-state index in [-0.39, 0.29) is 32.1 Å². The molecule has 2 nitrogen and oxygen atoms in total. The Labute approximate surface area is 300 Å². The molecule has 0 bridgehead atoms. The summed E-state index contributed by atoms with van der Waals surface area (Å²) < 4.78 is 11.1. The molecule has 0 spiro atoms. The van der Waals surface area contributed by atoms with Crippen LogP contribution in [-0.4, -0.2) is 13.3 Å². The van der Waals surface area contributed by atoms with Crippen molar-refractivity contribution >= 4 is 26.0 Å². The van der Waals surface area contributed by atoms with Crippen molar-refractivity contribution in [2.75, 3.05) is 0 Å². The molecule has 2 aromatic heterocycles. The van der Waals surface area contributed by atoms with E-state index < -0.39 is 21.3 Å². The molecule has 10 rings (SSSR count). The predicted molar refractivity (Wildman–Crippen MR) is 188 cm³/mol. The normalized spacial score (nSPS) is 15.1. The molecular weight excluding hydrogens is 707 g/mol. The van der Waals surface area contributed by atoms with E-state index in [0.29, 0.717) is 0 Å². The SMILES string of the molecule is [CH2]=[Zr+2]([CH]1c2ccccc2-c2c1n(-c1ccccc1)c1ccccc21)[CH]1c2ccccc2-c2c1n(-c1ccccc1)c1ccccc21.[Cl-].[Cl-]. The first-order valence-corrected chi connectivity index (χ1v) is 20.6. The zero-order chi connectivity index (χ0) is 30.4. The summed E-state index contributed by atoms with van der Waals surface area (Å²) in [5.74, 6) is 0. The maximum absolute atomic E-state index is 5.38. The van der Waals surface area contributed by atoms with Gasteiger partial charge in [-0.2, -0.15) is 0 Å². The number of aromatic nitrogens is 2. The molecule has 48 heavy (non-hydrogen) atoms. The summed E-state index contributed by atoms with van der Waals surface area (Å²) in [5, 5.41) is 2.66. The van der Waals surface area contributed by atoms with Crippen molar-refractivity contribution < 1.29 is 46.1 Å². The summed E-state index contributed by atoms with van der Waals surface area (Å²) in [7, 11) is 0. The van der Waals surface area contributed by atoms with Crippen LogP contribution in [0.15, 0.2) is 158 Å². The first-order chi connectivity index (χ1) is 22.8. The van der Waals surface area contributed by atoms with Crippen LogP contribution in [0.1, 0.15) is 29.8 Å². The predicted octanol–water partition coefficient (Wildman–Crippen LogP) is 4.47. The van der Waals surface area contributed by atoms with Crippen molar-refractivity contribution in [3.05, 3.63) is 180 Å². The van der Waals surface area contributed by atoms with Crippen LogP contribution in [0.2, 0.25) is 0 Å². The molecule has 2 aliphatic carbocycles. The van der Waals surface area contributed by atoms with E-state index >= 15 is 0 Å². The standard InChI is InChI=1S/2C21H14N.CH2.2ClH.Zr/c2*1-2-9-16(10-3-1)22-19-13-7-6-12-18(19)21-17-11-5-4-8-15(17)14-20(21)22;;;;/h2*1-14H;1H2;2*1H;/q;;;;;+2/p-2. The van der Waals surface area contributed by atoms with Crippen LogP contribution in [-0.2, 0) is 21.3 Å². The molecule has 5 heteroatoms. The summed E-state index contributed by atoms with van der Waals surface area (Å²) in [4.78, 5) is 0. The summed E-state index contributed by atoms with van der Waals surface area (Å²) in [6, 6.07) is 58.2. The molecular formula is C43H30Cl2N2Zr. The number of benzene rings is 6. The van der Waals surface area contributed by atoms with Gasteiger partial charge < -0.3 is 24.8 Å². The number of para-hydroxylation sites is 4. The van der Waals surface area contributed by atoms with E-state index in [1.807, 2.05) is 0 Å². The number of fused-ring (bicyclic) bond motifs is 10. The van der Waals surface area contributed by atoms with Gasteiger partial charge in [0.05, 0.1) is 0 Å². The minimum Gasteiger partial charge on any atom is -1.00 e. The van der Waals surface area contributed by atoms with Gasteiger partial charge in [0.2, 0.25) is 0 Å². The van der Waals surface area contributed by atoms with Gasteiger partial charge in [0.1, 0.15) is 0 Å². The van der Waals surface area contributed by atoms with Gasteiger partial charge in [-0.05, 0) is 0 Å². The number of rotatable bonds is 4. The van der Waals surface area contributed by atoms with E-state index in [2.05, 4.69) is 167 Å². The van der Waals surface area contributed by atoms with Crippen LogP contribution in [0.4, 0.5) is 0 Å². The van der Waals surface area contributed by atoms with Crippen LogP contribution in [0.25, 0.3) is 55.4 Å². The quantitative estimate of drug-likeness (QED) is 0.253. The van der Waals surface area contributed by atoms with Crippen LogP contribution in [0.3, 0.4) is 0 Å². The third kappa shape index (κ3) is 4.24. The smallest absolute Gasteiger partial charge is 1.00 e. The van der Waals surface area contributed by atoms with Gasteiger partial charge in [-0.25, -0.2) is 0 Å². The first kappa shape index (κ1) is 31.0. The Bertz CT molecular complexity index is 2310. The summed E-state index contributed by atoms with van der Waals surface area (Å²) in [6.07, 6.45) is 0. The van der Waals surface area contributed by atoms with Crippen LogP contribution in [0.5, 0.6) is 0 Å². The van der Waals surface area contributed by atoms with Crippen LogP contribution in [0, 0.1) is 0 Å². The molecule has 0 N–H and O–H groups in total. The maximum atomic E-state index is 5.38. The summed E-state index contributed by atoms with van der Waals surface area (Å²) in [5.41, 5.74) is 16.4. The summed E-state index contributed by atoms with van der Waals surface area (Å²) in [6.45, 7) is 0. The summed E-state index contributed by atoms with van der Waals surface area (Å²) >= 11 is -2.79. The zero-order valence-electron chi connectivity index (χ0n) is 26.0. The average Bonchev–Trinajstić information content (AvgIpc) is 3.83. The number of halogens is 2. The monoisotopic (exact) mass is 734 g/mol. The van der Waals surface area contributed by atoms with E-state index in [9.17, 15) is 0 Å². The van der Waals surface area contributed by atoms with Crippen molar-refractivity contribution in [2.45, 2.75) is 7.25 Å². The number of hydrogen-bond acceptors (Lipinski definition) is 0. The second-order valence-corrected chi connectivity index (χ2v) is 18.2. The average molecular weight is 737 g/mol. The van der Waals surface area contributed by atoms with Gasteiger partial charge >= 0.3 is 278 Å². The van der Waals surface area contributed by atoms with Crippen molar-refractivity contribution in [1.29, 1.82) is 0 Å². The Morgan fingerprint density at radius 3 is 1.21 bits per heavy atom. The van der Waals surface area contributed by atoms with Crippen LogP contribution < -0.4 is 24.8 Å². The van der Waals surface area contributed by atoms with Gasteiger partial charge in [0.15, 0.2) is 0 Å². The molecule has 230 valence electrons. The Balaban J connectivity index is 0.00000168. The molecule has 6 aromatic carbocycles. The molecule has 0 fully saturated rings. The molecule has 0 saturated heterocycles. The Morgan fingerprint density at radius 1 is 0.417 bits per heavy atom. The topological polar surface area (TPSA) is 9.86 Å². The molecule has 0 radical (unpaired) electrons. The molecule has 2 atom stereocenters. The van der Waals surface area contributed by atoms with E-state index in [4.69, 9.17) is 4.21 Å². The molecule has 2 heterocycles. The fraction of sp³-hybridized carbons (Fsp3) is 0.0465. The fourth-order valence-corrected chi connectivity index (χ4v) is 15.6. The Kier molecular flexibility index (Phi) is 7.76. The van der Waals surface area contributed by atoms with E-state index in [1.165, 1.54) is 77.9 Å². The van der Waals surface area contributed by atoms with E-state index in [1.54, 1.807) is 0 Å². The minimum absolute atomic E-state index is 0. The zero-order valence-corrected chi connectivity index (χ0v) is 30.0. The van der Waals surface area contributed by atoms with Gasteiger partial charge in [0, 0.05) is 0 Å². The Hall–Kier alpha value is -4.27. The minimum atomic E-state index is -2.79. The van der Waals surface area contributed by atoms with Crippen molar-refractivity contribution in [1.82, 2.24) is 9.13 Å². The largest absolute Gasteiger partial charge is 1.00 e. The molecule has 2 aliphatic rings. The van der Waals surface area contributed by atoms with Crippen molar-refractivity contribution in [2.24, 2.45) is 0 Å². The Morgan fingerprint density at radius 2 is 0.771 bits per heavy atom. The van der Waals surface area contributed by atoms with Crippen molar-refractivity contribution in [3.63, 3.8) is 0 Å². The number of nitrogens with zero attached hydrogens (tertiary/aromatic N) is 2. The third-order valence-corrected chi connectivity index (χ3v) is 16.7. The van der Waals surface area contributed by atoms with Crippen molar-refractivity contribution in [3.8, 4) is 33.6 Å². The molecule has 2 unspecified atom stereocenters. The van der Waals surface area contributed by atoms with E-state index in [0.717, 1.165) is 0 Å². The van der Waals surface area contributed by atoms with Gasteiger partial charge in [0.25, 0.3) is 0 Å². The van der Waals surface area contributed by atoms with Crippen LogP contribution >= 0.6 is 0 Å². The van der Waals surface area contributed by atoms with Gasteiger partial charge in [-0.1, -0.05) is 0 Å². The molecule has 0 saturated carbocycles. The molecule has 0 aliphatic heterocycles. The molecule has 8 aromatic rings.